The standard InChI is InChI=1S/C24H26Cl2N6O2/c1-15(23-20(25)12-27-13-21(23)26)34-18-2-3-22-19(10-18)24(30-29-22)16-11-28-32(14-16)17-4-6-31(7-5-17)8-9-33/h2-3,10-15,17,33H,4-9H2,1H3,(H,29,30). The first-order valence-corrected chi connectivity index (χ1v) is 12.1. The Kier molecular flexibility index (Phi) is 6.74. The first-order chi connectivity index (χ1) is 16.5. The van der Waals surface area contributed by atoms with Crippen molar-refractivity contribution in [3.63, 3.8) is 0 Å². The average molecular weight is 501 g/mol. The average Bonchev–Trinajstić information content (AvgIpc) is 3.47. The van der Waals surface area contributed by atoms with Gasteiger partial charge in [-0.1, -0.05) is 23.2 Å². The molecule has 1 saturated heterocycles. The minimum absolute atomic E-state index is 0.204. The summed E-state index contributed by atoms with van der Waals surface area (Å²) in [5.41, 5.74) is 3.41. The van der Waals surface area contributed by atoms with Crippen LogP contribution in [0.4, 0.5) is 0 Å². The van der Waals surface area contributed by atoms with Crippen LogP contribution in [0.3, 0.4) is 0 Å². The Morgan fingerprint density at radius 2 is 1.94 bits per heavy atom. The zero-order chi connectivity index (χ0) is 23.7. The van der Waals surface area contributed by atoms with Gasteiger partial charge in [0, 0.05) is 54.7 Å². The molecule has 10 heteroatoms. The van der Waals surface area contributed by atoms with Gasteiger partial charge in [0.15, 0.2) is 0 Å². The SMILES string of the molecule is CC(Oc1ccc2[nH]nc(-c3cnn(C4CCN(CCO)CC4)c3)c2c1)c1c(Cl)cncc1Cl. The highest BCUT2D eigenvalue weighted by Gasteiger charge is 2.22. The number of likely N-dealkylation sites (tertiary alicyclic amines) is 1. The summed E-state index contributed by atoms with van der Waals surface area (Å²) in [6.45, 7) is 4.78. The number of aliphatic hydroxyl groups excluding tert-OH is 1. The van der Waals surface area contributed by atoms with Gasteiger partial charge in [0.05, 0.1) is 34.4 Å². The van der Waals surface area contributed by atoms with Gasteiger partial charge in [-0.05, 0) is 38.0 Å². The first-order valence-electron chi connectivity index (χ1n) is 11.3. The summed E-state index contributed by atoms with van der Waals surface area (Å²) in [4.78, 5) is 6.30. The quantitative estimate of drug-likeness (QED) is 0.375. The molecule has 0 amide bonds. The monoisotopic (exact) mass is 500 g/mol. The van der Waals surface area contributed by atoms with E-state index >= 15 is 0 Å². The summed E-state index contributed by atoms with van der Waals surface area (Å²) >= 11 is 12.6. The minimum atomic E-state index is -0.352. The maximum absolute atomic E-state index is 9.15. The largest absolute Gasteiger partial charge is 0.486 e. The van der Waals surface area contributed by atoms with E-state index in [0.717, 1.165) is 54.6 Å². The van der Waals surface area contributed by atoms with E-state index in [0.29, 0.717) is 27.4 Å². The van der Waals surface area contributed by atoms with Crippen LogP contribution >= 0.6 is 23.2 Å². The number of piperidine rings is 1. The predicted octanol–water partition coefficient (Wildman–Crippen LogP) is 4.90. The number of aromatic nitrogens is 5. The highest BCUT2D eigenvalue weighted by Crippen LogP contribution is 2.35. The summed E-state index contributed by atoms with van der Waals surface area (Å²) in [7, 11) is 0. The number of hydrogen-bond acceptors (Lipinski definition) is 6. The number of ether oxygens (including phenoxy) is 1. The summed E-state index contributed by atoms with van der Waals surface area (Å²) in [5.74, 6) is 0.690. The highest BCUT2D eigenvalue weighted by atomic mass is 35.5. The lowest BCUT2D eigenvalue weighted by atomic mass is 10.1. The zero-order valence-corrected chi connectivity index (χ0v) is 20.3. The molecule has 8 nitrogen and oxygen atoms in total. The van der Waals surface area contributed by atoms with Crippen LogP contribution in [-0.2, 0) is 0 Å². The van der Waals surface area contributed by atoms with E-state index in [1.54, 1.807) is 12.4 Å². The lowest BCUT2D eigenvalue weighted by Gasteiger charge is -2.31. The van der Waals surface area contributed by atoms with Crippen molar-refractivity contribution in [1.29, 1.82) is 0 Å². The van der Waals surface area contributed by atoms with Crippen molar-refractivity contribution < 1.29 is 9.84 Å². The molecule has 1 aromatic carbocycles. The zero-order valence-electron chi connectivity index (χ0n) is 18.8. The normalized spacial score (nSPS) is 16.2. The molecule has 34 heavy (non-hydrogen) atoms. The van der Waals surface area contributed by atoms with Gasteiger partial charge < -0.3 is 14.7 Å². The van der Waals surface area contributed by atoms with Crippen LogP contribution in [0.25, 0.3) is 22.2 Å². The Morgan fingerprint density at radius 1 is 1.18 bits per heavy atom. The summed E-state index contributed by atoms with van der Waals surface area (Å²) in [6, 6.07) is 6.17. The van der Waals surface area contributed by atoms with Crippen LogP contribution in [0.5, 0.6) is 5.75 Å². The molecule has 0 saturated carbocycles. The number of halogens is 2. The molecule has 1 aliphatic rings. The summed E-state index contributed by atoms with van der Waals surface area (Å²) in [6.07, 6.45) is 8.73. The van der Waals surface area contributed by atoms with Crippen molar-refractivity contribution in [3.05, 3.63) is 58.6 Å². The van der Waals surface area contributed by atoms with Crippen LogP contribution in [0, 0.1) is 0 Å². The van der Waals surface area contributed by atoms with Crippen LogP contribution in [-0.4, -0.2) is 61.2 Å². The molecule has 0 aliphatic carbocycles. The fraction of sp³-hybridized carbons (Fsp3) is 0.375. The molecule has 0 radical (unpaired) electrons. The molecular formula is C24H26Cl2N6O2. The lowest BCUT2D eigenvalue weighted by molar-refractivity contribution is 0.146. The third-order valence-electron chi connectivity index (χ3n) is 6.37. The van der Waals surface area contributed by atoms with Crippen molar-refractivity contribution in [2.24, 2.45) is 0 Å². The molecule has 0 bridgehead atoms. The van der Waals surface area contributed by atoms with Gasteiger partial charge in [-0.3, -0.25) is 14.8 Å². The van der Waals surface area contributed by atoms with E-state index in [4.69, 9.17) is 33.0 Å². The molecule has 1 unspecified atom stereocenters. The van der Waals surface area contributed by atoms with Gasteiger partial charge in [-0.25, -0.2) is 0 Å². The van der Waals surface area contributed by atoms with E-state index in [1.807, 2.05) is 36.0 Å². The van der Waals surface area contributed by atoms with Gasteiger partial charge in [0.1, 0.15) is 17.5 Å². The number of aliphatic hydroxyl groups is 1. The Hall–Kier alpha value is -2.65. The second-order valence-corrected chi connectivity index (χ2v) is 9.38. The summed E-state index contributed by atoms with van der Waals surface area (Å²) in [5, 5.41) is 23.3. The van der Waals surface area contributed by atoms with Gasteiger partial charge >= 0.3 is 0 Å². The van der Waals surface area contributed by atoms with Crippen LogP contribution in [0.15, 0.2) is 43.0 Å². The maximum atomic E-state index is 9.15. The number of pyridine rings is 1. The summed E-state index contributed by atoms with van der Waals surface area (Å²) < 4.78 is 8.22. The molecule has 0 spiro atoms. The number of nitrogens with one attached hydrogen (secondary N) is 1. The van der Waals surface area contributed by atoms with Gasteiger partial charge in [-0.15, -0.1) is 0 Å². The molecule has 4 aromatic rings. The van der Waals surface area contributed by atoms with E-state index in [9.17, 15) is 0 Å². The van der Waals surface area contributed by atoms with Crippen molar-refractivity contribution in [3.8, 4) is 17.0 Å². The van der Waals surface area contributed by atoms with Crippen LogP contribution in [0.1, 0.15) is 37.5 Å². The fourth-order valence-corrected chi connectivity index (χ4v) is 5.24. The molecule has 2 N–H and O–H groups in total. The van der Waals surface area contributed by atoms with E-state index in [2.05, 4.69) is 31.4 Å². The van der Waals surface area contributed by atoms with Crippen molar-refractivity contribution >= 4 is 34.1 Å². The Balaban J connectivity index is 1.36. The van der Waals surface area contributed by atoms with E-state index < -0.39 is 0 Å². The number of hydrogen-bond donors (Lipinski definition) is 2. The van der Waals surface area contributed by atoms with Crippen LogP contribution < -0.4 is 4.74 Å². The Morgan fingerprint density at radius 3 is 2.68 bits per heavy atom. The number of β-amino-alcohol motifs (C(OH)–C–C–N with tert-alkyl or cyclic N) is 1. The fourth-order valence-electron chi connectivity index (χ4n) is 4.57. The molecule has 1 fully saturated rings. The van der Waals surface area contributed by atoms with Crippen molar-refractivity contribution in [2.45, 2.75) is 31.9 Å². The van der Waals surface area contributed by atoms with Crippen molar-refractivity contribution in [2.75, 3.05) is 26.2 Å². The molecule has 178 valence electrons. The molecule has 4 heterocycles. The van der Waals surface area contributed by atoms with Gasteiger partial charge in [0.25, 0.3) is 0 Å². The van der Waals surface area contributed by atoms with Crippen molar-refractivity contribution in [1.82, 2.24) is 29.9 Å². The maximum Gasteiger partial charge on any atom is 0.124 e. The number of H-pyrrole nitrogens is 1. The number of fused-ring (bicyclic) bond motifs is 1. The van der Waals surface area contributed by atoms with Gasteiger partial charge in [-0.2, -0.15) is 10.2 Å². The van der Waals surface area contributed by atoms with Gasteiger partial charge in [0.2, 0.25) is 0 Å². The van der Waals surface area contributed by atoms with E-state index in [1.165, 1.54) is 0 Å². The highest BCUT2D eigenvalue weighted by molar-refractivity contribution is 6.35. The molecular weight excluding hydrogens is 475 g/mol. The molecule has 1 atom stereocenters. The second kappa shape index (κ2) is 9.92. The molecule has 3 aromatic heterocycles. The topological polar surface area (TPSA) is 92.1 Å². The van der Waals surface area contributed by atoms with Crippen LogP contribution in [0.2, 0.25) is 10.0 Å². The first kappa shape index (κ1) is 23.1. The third-order valence-corrected chi connectivity index (χ3v) is 6.97. The van der Waals surface area contributed by atoms with E-state index in [-0.39, 0.29) is 12.7 Å². The Bertz CT molecular complexity index is 1260. The smallest absolute Gasteiger partial charge is 0.124 e. The number of nitrogens with zero attached hydrogens (tertiary/aromatic N) is 5. The molecule has 5 rings (SSSR count). The number of rotatable bonds is 7. The molecule has 1 aliphatic heterocycles. The number of benzene rings is 1. The minimum Gasteiger partial charge on any atom is -0.486 e. The Labute approximate surface area is 207 Å². The predicted molar refractivity (Wildman–Crippen MR) is 132 cm³/mol. The second-order valence-electron chi connectivity index (χ2n) is 8.56. The third kappa shape index (κ3) is 4.63. The number of aromatic amines is 1. The lowest BCUT2D eigenvalue weighted by Crippen LogP contribution is -2.36.